The Hall–Kier alpha value is -2.48. The number of benzene rings is 1. The van der Waals surface area contributed by atoms with Gasteiger partial charge in [-0.1, -0.05) is 12.1 Å². The number of nitrogens with two attached hydrogens (primary N) is 1. The van der Waals surface area contributed by atoms with Gasteiger partial charge in [0.1, 0.15) is 0 Å². The van der Waals surface area contributed by atoms with E-state index in [1.54, 1.807) is 17.6 Å². The van der Waals surface area contributed by atoms with Gasteiger partial charge in [0, 0.05) is 6.07 Å². The lowest BCUT2D eigenvalue weighted by Crippen LogP contribution is -2.27. The van der Waals surface area contributed by atoms with Gasteiger partial charge in [0.15, 0.2) is 0 Å². The summed E-state index contributed by atoms with van der Waals surface area (Å²) in [7, 11) is 0. The number of nitro groups is 1. The second kappa shape index (κ2) is 5.41. The van der Waals surface area contributed by atoms with E-state index in [2.05, 4.69) is 10.2 Å². The molecule has 0 atom stereocenters. The highest BCUT2D eigenvalue weighted by Gasteiger charge is 2.09. The fourth-order valence-electron chi connectivity index (χ4n) is 0.939. The van der Waals surface area contributed by atoms with E-state index in [-0.39, 0.29) is 11.6 Å². The van der Waals surface area contributed by atoms with E-state index >= 15 is 0 Å². The van der Waals surface area contributed by atoms with Crippen LogP contribution in [0, 0.1) is 10.1 Å². The molecule has 0 fully saturated rings. The summed E-state index contributed by atoms with van der Waals surface area (Å²) in [6.45, 7) is 0. The molecule has 1 rings (SSSR count). The van der Waals surface area contributed by atoms with Crippen molar-refractivity contribution in [3.63, 3.8) is 0 Å². The smallest absolute Gasteiger partial charge is 0.278 e. The molecule has 0 spiro atoms. The minimum Gasteiger partial charge on any atom is -0.367 e. The molecule has 0 aliphatic carbocycles. The van der Waals surface area contributed by atoms with Crippen molar-refractivity contribution in [1.82, 2.24) is 5.48 Å². The highest BCUT2D eigenvalue weighted by molar-refractivity contribution is 5.86. The molecule has 0 heterocycles. The van der Waals surface area contributed by atoms with Gasteiger partial charge in [-0.15, -0.1) is 5.10 Å². The van der Waals surface area contributed by atoms with Crippen LogP contribution in [0.1, 0.15) is 5.56 Å². The normalized spacial score (nSPS) is 11.7. The van der Waals surface area contributed by atoms with Crippen molar-refractivity contribution in [3.05, 3.63) is 39.9 Å². The zero-order valence-corrected chi connectivity index (χ0v) is 8.07. The summed E-state index contributed by atoms with van der Waals surface area (Å²) < 4.78 is 0. The molecule has 8 heteroatoms. The van der Waals surface area contributed by atoms with Crippen LogP contribution in [-0.4, -0.2) is 22.3 Å². The molecular formula is C8H9N5O3. The van der Waals surface area contributed by atoms with Gasteiger partial charge in [-0.05, 0) is 6.07 Å². The number of hydrogen-bond donors (Lipinski definition) is 3. The van der Waals surface area contributed by atoms with Crippen LogP contribution in [0.5, 0.6) is 0 Å². The maximum Gasteiger partial charge on any atom is 0.278 e. The van der Waals surface area contributed by atoms with Gasteiger partial charge >= 0.3 is 0 Å². The predicted octanol–water partition coefficient (Wildman–Crippen LogP) is 0.222. The summed E-state index contributed by atoms with van der Waals surface area (Å²) in [4.78, 5) is 10.1. The zero-order chi connectivity index (χ0) is 12.0. The van der Waals surface area contributed by atoms with Crippen molar-refractivity contribution in [2.75, 3.05) is 0 Å². The number of nitro benzene ring substituents is 1. The standard InChI is InChI=1S/C8H9N5O3/c9-8(12-14)11-10-5-6-3-1-2-4-7(6)13(15)16/h1-5,14H,(H3,9,11,12)/b10-5+. The highest BCUT2D eigenvalue weighted by atomic mass is 16.6. The van der Waals surface area contributed by atoms with Crippen molar-refractivity contribution in [3.8, 4) is 0 Å². The number of hydroxylamine groups is 1. The molecule has 0 amide bonds. The van der Waals surface area contributed by atoms with Crippen molar-refractivity contribution in [1.29, 1.82) is 0 Å². The van der Waals surface area contributed by atoms with E-state index in [0.717, 1.165) is 0 Å². The van der Waals surface area contributed by atoms with E-state index in [0.29, 0.717) is 5.56 Å². The van der Waals surface area contributed by atoms with Crippen LogP contribution in [0.25, 0.3) is 0 Å². The van der Waals surface area contributed by atoms with Gasteiger partial charge in [-0.25, -0.2) is 5.48 Å². The minimum absolute atomic E-state index is 0.0861. The van der Waals surface area contributed by atoms with Crippen molar-refractivity contribution in [2.45, 2.75) is 0 Å². The molecule has 0 bridgehead atoms. The molecular weight excluding hydrogens is 214 g/mol. The SMILES string of the molecule is N/C(=N/N=C/c1ccccc1[N+](=O)[O-])NO. The van der Waals surface area contributed by atoms with E-state index in [1.165, 1.54) is 18.3 Å². The van der Waals surface area contributed by atoms with E-state index < -0.39 is 4.92 Å². The third kappa shape index (κ3) is 3.03. The number of guanidine groups is 1. The summed E-state index contributed by atoms with van der Waals surface area (Å²) in [6.07, 6.45) is 1.17. The van der Waals surface area contributed by atoms with Crippen molar-refractivity contribution < 1.29 is 10.1 Å². The Kier molecular flexibility index (Phi) is 3.92. The van der Waals surface area contributed by atoms with Gasteiger partial charge in [0.25, 0.3) is 5.69 Å². The Morgan fingerprint density at radius 2 is 2.25 bits per heavy atom. The summed E-state index contributed by atoms with van der Waals surface area (Å²) in [5.41, 5.74) is 6.85. The topological polar surface area (TPSA) is 126 Å². The molecule has 1 aromatic carbocycles. The first-order valence-electron chi connectivity index (χ1n) is 4.15. The van der Waals surface area contributed by atoms with Crippen molar-refractivity contribution >= 4 is 17.9 Å². The lowest BCUT2D eigenvalue weighted by Gasteiger charge is -1.95. The van der Waals surface area contributed by atoms with Gasteiger partial charge < -0.3 is 5.73 Å². The lowest BCUT2D eigenvalue weighted by molar-refractivity contribution is -0.385. The van der Waals surface area contributed by atoms with Gasteiger partial charge in [0.2, 0.25) is 5.96 Å². The molecule has 1 aromatic rings. The first-order valence-corrected chi connectivity index (χ1v) is 4.15. The fraction of sp³-hybridized carbons (Fsp3) is 0. The summed E-state index contributed by atoms with van der Waals surface area (Å²) in [5, 5.41) is 25.7. The Morgan fingerprint density at radius 3 is 2.88 bits per heavy atom. The Bertz CT molecular complexity index is 443. The number of hydrogen-bond acceptors (Lipinski definition) is 5. The van der Waals surface area contributed by atoms with Gasteiger partial charge in [-0.3, -0.25) is 15.3 Å². The molecule has 0 aliphatic rings. The maximum atomic E-state index is 10.6. The molecule has 4 N–H and O–H groups in total. The number of nitrogens with one attached hydrogen (secondary N) is 1. The Morgan fingerprint density at radius 1 is 1.56 bits per heavy atom. The number of nitrogens with zero attached hydrogens (tertiary/aromatic N) is 3. The second-order valence-corrected chi connectivity index (χ2v) is 2.66. The second-order valence-electron chi connectivity index (χ2n) is 2.66. The fourth-order valence-corrected chi connectivity index (χ4v) is 0.939. The molecule has 16 heavy (non-hydrogen) atoms. The third-order valence-electron chi connectivity index (χ3n) is 1.61. The Labute approximate surface area is 90.2 Å². The molecule has 0 radical (unpaired) electrons. The van der Waals surface area contributed by atoms with Crippen LogP contribution >= 0.6 is 0 Å². The monoisotopic (exact) mass is 223 g/mol. The molecule has 8 nitrogen and oxygen atoms in total. The zero-order valence-electron chi connectivity index (χ0n) is 8.07. The van der Waals surface area contributed by atoms with E-state index in [9.17, 15) is 10.1 Å². The first-order chi connectivity index (χ1) is 7.65. The molecule has 0 saturated carbocycles. The number of para-hydroxylation sites is 1. The van der Waals surface area contributed by atoms with E-state index in [1.807, 2.05) is 0 Å². The van der Waals surface area contributed by atoms with Crippen LogP contribution in [-0.2, 0) is 0 Å². The van der Waals surface area contributed by atoms with Crippen LogP contribution in [0.2, 0.25) is 0 Å². The summed E-state index contributed by atoms with van der Waals surface area (Å²) >= 11 is 0. The quantitative estimate of drug-likeness (QED) is 0.292. The van der Waals surface area contributed by atoms with Crippen molar-refractivity contribution in [2.24, 2.45) is 15.9 Å². The maximum absolute atomic E-state index is 10.6. The highest BCUT2D eigenvalue weighted by Crippen LogP contribution is 2.15. The van der Waals surface area contributed by atoms with Crippen LogP contribution in [0.3, 0.4) is 0 Å². The third-order valence-corrected chi connectivity index (χ3v) is 1.61. The summed E-state index contributed by atoms with van der Waals surface area (Å²) in [5.74, 6) is -0.310. The number of rotatable bonds is 3. The predicted molar refractivity (Wildman–Crippen MR) is 57.2 cm³/mol. The minimum atomic E-state index is -0.529. The molecule has 0 aliphatic heterocycles. The lowest BCUT2D eigenvalue weighted by atomic mass is 10.2. The van der Waals surface area contributed by atoms with Gasteiger partial charge in [-0.2, -0.15) is 5.10 Å². The molecule has 0 aromatic heterocycles. The summed E-state index contributed by atoms with van der Waals surface area (Å²) in [6, 6.07) is 6.03. The van der Waals surface area contributed by atoms with Crippen LogP contribution in [0.4, 0.5) is 5.69 Å². The van der Waals surface area contributed by atoms with E-state index in [4.69, 9.17) is 10.9 Å². The average Bonchev–Trinajstić information content (AvgIpc) is 2.29. The van der Waals surface area contributed by atoms with Gasteiger partial charge in [0.05, 0.1) is 16.7 Å². The molecule has 84 valence electrons. The average molecular weight is 223 g/mol. The first kappa shape index (κ1) is 11.6. The molecule has 0 saturated heterocycles. The largest absolute Gasteiger partial charge is 0.367 e. The molecule has 0 unspecified atom stereocenters. The Balaban J connectivity index is 2.93. The van der Waals surface area contributed by atoms with Crippen LogP contribution < -0.4 is 11.2 Å². The van der Waals surface area contributed by atoms with Crippen LogP contribution in [0.15, 0.2) is 34.5 Å².